The summed E-state index contributed by atoms with van der Waals surface area (Å²) in [5.41, 5.74) is 4.03. The molecule has 0 aromatic heterocycles. The van der Waals surface area contributed by atoms with Crippen LogP contribution in [0, 0.1) is 5.92 Å². The molecule has 2 aromatic carbocycles. The number of fused-ring (bicyclic) bond motifs is 1. The van der Waals surface area contributed by atoms with Gasteiger partial charge in [0.25, 0.3) is 5.91 Å². The molecule has 6 nitrogen and oxygen atoms in total. The van der Waals surface area contributed by atoms with Crippen LogP contribution in [0.25, 0.3) is 0 Å². The van der Waals surface area contributed by atoms with Gasteiger partial charge >= 0.3 is 0 Å². The van der Waals surface area contributed by atoms with E-state index in [2.05, 4.69) is 40.4 Å². The maximum Gasteiger partial charge on any atom is 0.253 e. The first-order valence-corrected chi connectivity index (χ1v) is 11.8. The number of amides is 2. The van der Waals surface area contributed by atoms with Crippen LogP contribution in [0.15, 0.2) is 48.5 Å². The van der Waals surface area contributed by atoms with E-state index in [1.807, 2.05) is 35.2 Å². The first-order chi connectivity index (χ1) is 15.6. The van der Waals surface area contributed by atoms with Gasteiger partial charge in [0, 0.05) is 57.1 Å². The van der Waals surface area contributed by atoms with Crippen molar-refractivity contribution in [3.63, 3.8) is 0 Å². The van der Waals surface area contributed by atoms with Gasteiger partial charge in [-0.1, -0.05) is 30.3 Å². The number of nitrogens with zero attached hydrogens (tertiary/aromatic N) is 3. The van der Waals surface area contributed by atoms with Crippen molar-refractivity contribution in [1.29, 1.82) is 0 Å². The van der Waals surface area contributed by atoms with Crippen LogP contribution in [0.1, 0.15) is 40.2 Å². The number of para-hydroxylation sites is 1. The van der Waals surface area contributed by atoms with E-state index in [-0.39, 0.29) is 23.7 Å². The summed E-state index contributed by atoms with van der Waals surface area (Å²) in [6.45, 7) is 6.64. The standard InChI is InChI=1S/C26H32N4O2/c1-28-13-15-29(16-14-28)18-19-5-4-6-21(17-19)26(32)30-11-9-20(10-12-30)24-22-7-2-3-8-23(22)27-25(24)31/h2-8,17,20,24H,9-16,18H2,1H3,(H,27,31). The van der Waals surface area contributed by atoms with Crippen LogP contribution in [0.5, 0.6) is 0 Å². The zero-order valence-corrected chi connectivity index (χ0v) is 18.8. The fourth-order valence-corrected chi connectivity index (χ4v) is 5.39. The van der Waals surface area contributed by atoms with Crippen LogP contribution >= 0.6 is 0 Å². The molecule has 3 aliphatic heterocycles. The van der Waals surface area contributed by atoms with Crippen LogP contribution in [-0.2, 0) is 11.3 Å². The summed E-state index contributed by atoms with van der Waals surface area (Å²) in [5.74, 6) is 0.411. The molecule has 2 fully saturated rings. The van der Waals surface area contributed by atoms with Gasteiger partial charge in [-0.05, 0) is 55.1 Å². The number of benzene rings is 2. The predicted octanol–water partition coefficient (Wildman–Crippen LogP) is 3.02. The van der Waals surface area contributed by atoms with E-state index in [1.54, 1.807) is 0 Å². The van der Waals surface area contributed by atoms with Crippen molar-refractivity contribution >= 4 is 17.5 Å². The summed E-state index contributed by atoms with van der Waals surface area (Å²) in [4.78, 5) is 32.6. The van der Waals surface area contributed by atoms with Gasteiger partial charge in [0.2, 0.25) is 5.91 Å². The molecule has 2 saturated heterocycles. The zero-order valence-electron chi connectivity index (χ0n) is 18.8. The van der Waals surface area contributed by atoms with Gasteiger partial charge < -0.3 is 15.1 Å². The number of carbonyl (C=O) groups is 2. The number of likely N-dealkylation sites (tertiary alicyclic amines) is 1. The largest absolute Gasteiger partial charge is 0.339 e. The highest BCUT2D eigenvalue weighted by Crippen LogP contribution is 2.41. The van der Waals surface area contributed by atoms with E-state index >= 15 is 0 Å². The molecule has 1 N–H and O–H groups in total. The lowest BCUT2D eigenvalue weighted by Crippen LogP contribution is -2.44. The summed E-state index contributed by atoms with van der Waals surface area (Å²) in [7, 11) is 2.16. The number of anilines is 1. The molecule has 2 amide bonds. The van der Waals surface area contributed by atoms with Crippen LogP contribution in [0.4, 0.5) is 5.69 Å². The minimum atomic E-state index is -0.0876. The molecular formula is C26H32N4O2. The normalized spacial score (nSPS) is 22.6. The zero-order chi connectivity index (χ0) is 22.1. The van der Waals surface area contributed by atoms with Gasteiger partial charge in [-0.3, -0.25) is 14.5 Å². The first-order valence-electron chi connectivity index (χ1n) is 11.8. The quantitative estimate of drug-likeness (QED) is 0.807. The Hall–Kier alpha value is -2.70. The first kappa shape index (κ1) is 21.2. The third-order valence-electron chi connectivity index (χ3n) is 7.31. The molecule has 168 valence electrons. The number of rotatable bonds is 4. The van der Waals surface area contributed by atoms with Gasteiger partial charge in [0.1, 0.15) is 0 Å². The lowest BCUT2D eigenvalue weighted by molar-refractivity contribution is -0.118. The maximum absolute atomic E-state index is 13.2. The molecule has 32 heavy (non-hydrogen) atoms. The van der Waals surface area contributed by atoms with Gasteiger partial charge in [0.15, 0.2) is 0 Å². The monoisotopic (exact) mass is 432 g/mol. The van der Waals surface area contributed by atoms with Crippen molar-refractivity contribution < 1.29 is 9.59 Å². The summed E-state index contributed by atoms with van der Waals surface area (Å²) in [6.07, 6.45) is 1.72. The Labute approximate surface area is 190 Å². The molecule has 1 unspecified atom stereocenters. The van der Waals surface area contributed by atoms with Crippen molar-refractivity contribution in [2.45, 2.75) is 25.3 Å². The van der Waals surface area contributed by atoms with Gasteiger partial charge in [-0.15, -0.1) is 0 Å². The summed E-state index contributed by atoms with van der Waals surface area (Å²) >= 11 is 0. The molecule has 0 aliphatic carbocycles. The van der Waals surface area contributed by atoms with E-state index in [4.69, 9.17) is 0 Å². The number of hydrogen-bond donors (Lipinski definition) is 1. The maximum atomic E-state index is 13.2. The van der Waals surface area contributed by atoms with Crippen molar-refractivity contribution in [2.75, 3.05) is 51.6 Å². The fourth-order valence-electron chi connectivity index (χ4n) is 5.39. The predicted molar refractivity (Wildman–Crippen MR) is 126 cm³/mol. The molecule has 0 saturated carbocycles. The van der Waals surface area contributed by atoms with Gasteiger partial charge in [-0.25, -0.2) is 0 Å². The van der Waals surface area contributed by atoms with E-state index in [1.165, 1.54) is 5.56 Å². The van der Waals surface area contributed by atoms with Gasteiger partial charge in [-0.2, -0.15) is 0 Å². The number of piperazine rings is 1. The summed E-state index contributed by atoms with van der Waals surface area (Å²) < 4.78 is 0. The molecule has 2 aromatic rings. The second-order valence-electron chi connectivity index (χ2n) is 9.46. The molecule has 0 bridgehead atoms. The number of nitrogens with one attached hydrogen (secondary N) is 1. The molecule has 3 heterocycles. The Morgan fingerprint density at radius 1 is 0.969 bits per heavy atom. The third-order valence-corrected chi connectivity index (χ3v) is 7.31. The Bertz CT molecular complexity index is 991. The van der Waals surface area contributed by atoms with Crippen LogP contribution in [0.3, 0.4) is 0 Å². The number of likely N-dealkylation sites (N-methyl/N-ethyl adjacent to an activating group) is 1. The lowest BCUT2D eigenvalue weighted by Gasteiger charge is -2.34. The molecule has 5 rings (SSSR count). The summed E-state index contributed by atoms with van der Waals surface area (Å²) in [5, 5.41) is 3.02. The van der Waals surface area contributed by atoms with Crippen molar-refractivity contribution in [3.05, 3.63) is 65.2 Å². The highest BCUT2D eigenvalue weighted by atomic mass is 16.2. The van der Waals surface area contributed by atoms with Crippen molar-refractivity contribution in [1.82, 2.24) is 14.7 Å². The molecular weight excluding hydrogens is 400 g/mol. The molecule has 0 radical (unpaired) electrons. The summed E-state index contributed by atoms with van der Waals surface area (Å²) in [6, 6.07) is 16.1. The van der Waals surface area contributed by atoms with E-state index in [0.29, 0.717) is 13.1 Å². The SMILES string of the molecule is CN1CCN(Cc2cccc(C(=O)N3CCC(C4C(=O)Nc5ccccc54)CC3)c2)CC1. The highest BCUT2D eigenvalue weighted by Gasteiger charge is 2.38. The van der Waals surface area contributed by atoms with E-state index in [9.17, 15) is 9.59 Å². The van der Waals surface area contributed by atoms with E-state index < -0.39 is 0 Å². The Kier molecular flexibility index (Phi) is 5.98. The Morgan fingerprint density at radius 2 is 1.72 bits per heavy atom. The number of carbonyl (C=O) groups excluding carboxylic acids is 2. The fraction of sp³-hybridized carbons (Fsp3) is 0.462. The second-order valence-corrected chi connectivity index (χ2v) is 9.46. The topological polar surface area (TPSA) is 55.9 Å². The second kappa shape index (κ2) is 9.04. The van der Waals surface area contributed by atoms with Crippen molar-refractivity contribution in [2.24, 2.45) is 5.92 Å². The molecule has 6 heteroatoms. The third kappa shape index (κ3) is 4.30. The Morgan fingerprint density at radius 3 is 2.50 bits per heavy atom. The van der Waals surface area contributed by atoms with Crippen LogP contribution in [0.2, 0.25) is 0 Å². The van der Waals surface area contributed by atoms with E-state index in [0.717, 1.165) is 62.4 Å². The van der Waals surface area contributed by atoms with Crippen LogP contribution in [-0.4, -0.2) is 72.8 Å². The smallest absolute Gasteiger partial charge is 0.253 e. The van der Waals surface area contributed by atoms with Gasteiger partial charge in [0.05, 0.1) is 5.92 Å². The lowest BCUT2D eigenvalue weighted by atomic mass is 9.80. The Balaban J connectivity index is 1.20. The number of hydrogen-bond acceptors (Lipinski definition) is 4. The number of piperidine rings is 1. The molecule has 3 aliphatic rings. The minimum absolute atomic E-state index is 0.0876. The minimum Gasteiger partial charge on any atom is -0.339 e. The molecule has 0 spiro atoms. The average molecular weight is 433 g/mol. The average Bonchev–Trinajstić information content (AvgIpc) is 3.16. The van der Waals surface area contributed by atoms with Crippen molar-refractivity contribution in [3.8, 4) is 0 Å². The van der Waals surface area contributed by atoms with Crippen LogP contribution < -0.4 is 5.32 Å². The molecule has 1 atom stereocenters. The highest BCUT2D eigenvalue weighted by molar-refractivity contribution is 6.03.